The minimum absolute atomic E-state index is 0.276. The first-order valence-electron chi connectivity index (χ1n) is 6.21. The summed E-state index contributed by atoms with van der Waals surface area (Å²) in [6, 6.07) is 2.09. The van der Waals surface area contributed by atoms with Crippen LogP contribution < -0.4 is 5.32 Å². The van der Waals surface area contributed by atoms with Crippen molar-refractivity contribution >= 4 is 5.97 Å². The van der Waals surface area contributed by atoms with Gasteiger partial charge in [0.2, 0.25) is 0 Å². The highest BCUT2D eigenvalue weighted by atomic mass is 19.1. The van der Waals surface area contributed by atoms with Crippen LogP contribution in [0.2, 0.25) is 0 Å². The normalized spacial score (nSPS) is 12.3. The Kier molecular flexibility index (Phi) is 5.89. The van der Waals surface area contributed by atoms with E-state index >= 15 is 0 Å². The van der Waals surface area contributed by atoms with Gasteiger partial charge in [-0.05, 0) is 44.5 Å². The molecular weight excluding hydrogens is 252 g/mol. The lowest BCUT2D eigenvalue weighted by atomic mass is 10.0. The molecule has 0 aliphatic carbocycles. The van der Waals surface area contributed by atoms with Gasteiger partial charge in [0.1, 0.15) is 11.6 Å². The molecule has 0 aromatic heterocycles. The van der Waals surface area contributed by atoms with Crippen molar-refractivity contribution < 1.29 is 18.3 Å². The molecule has 0 aliphatic heterocycles. The molecule has 0 amide bonds. The predicted molar refractivity (Wildman–Crippen MR) is 68.8 cm³/mol. The Morgan fingerprint density at radius 1 is 1.37 bits per heavy atom. The molecule has 0 bridgehead atoms. The van der Waals surface area contributed by atoms with E-state index in [1.165, 1.54) is 26.2 Å². The van der Waals surface area contributed by atoms with Crippen LogP contribution >= 0.6 is 0 Å². The molecule has 3 nitrogen and oxygen atoms in total. The fourth-order valence-electron chi connectivity index (χ4n) is 1.76. The van der Waals surface area contributed by atoms with E-state index in [2.05, 4.69) is 10.1 Å². The van der Waals surface area contributed by atoms with E-state index in [1.54, 1.807) is 6.92 Å². The zero-order valence-corrected chi connectivity index (χ0v) is 11.4. The first kappa shape index (κ1) is 15.6. The molecule has 0 saturated carbocycles. The summed E-state index contributed by atoms with van der Waals surface area (Å²) in [4.78, 5) is 10.9. The lowest BCUT2D eigenvalue weighted by molar-refractivity contribution is -0.140. The minimum Gasteiger partial charge on any atom is -0.469 e. The number of aryl methyl sites for hydroxylation is 1. The van der Waals surface area contributed by atoms with Crippen LogP contribution in [0.25, 0.3) is 0 Å². The lowest BCUT2D eigenvalue weighted by Crippen LogP contribution is -2.21. The molecule has 5 heteroatoms. The van der Waals surface area contributed by atoms with Gasteiger partial charge < -0.3 is 10.1 Å². The lowest BCUT2D eigenvalue weighted by Gasteiger charge is -2.15. The maximum atomic E-state index is 13.7. The molecule has 0 saturated heterocycles. The van der Waals surface area contributed by atoms with Crippen LogP contribution in [0.15, 0.2) is 12.1 Å². The summed E-state index contributed by atoms with van der Waals surface area (Å²) in [5, 5.41) is 3.05. The first-order chi connectivity index (χ1) is 8.95. The van der Waals surface area contributed by atoms with Crippen LogP contribution in [-0.2, 0) is 9.53 Å². The third kappa shape index (κ3) is 4.59. The van der Waals surface area contributed by atoms with Gasteiger partial charge in [0.05, 0.1) is 7.11 Å². The van der Waals surface area contributed by atoms with E-state index in [0.717, 1.165) is 0 Å². The molecule has 0 heterocycles. The number of carbonyl (C=O) groups excluding carboxylic acids is 1. The molecule has 1 unspecified atom stereocenters. The van der Waals surface area contributed by atoms with Crippen LogP contribution in [0.3, 0.4) is 0 Å². The van der Waals surface area contributed by atoms with Gasteiger partial charge in [0.25, 0.3) is 0 Å². The second-order valence-corrected chi connectivity index (χ2v) is 4.48. The number of nitrogens with one attached hydrogen (secondary N) is 1. The highest BCUT2D eigenvalue weighted by molar-refractivity contribution is 5.69. The number of hydrogen-bond donors (Lipinski definition) is 1. The summed E-state index contributed by atoms with van der Waals surface area (Å²) in [6.07, 6.45) is 0.897. The number of methoxy groups -OCH3 is 1. The summed E-state index contributed by atoms with van der Waals surface area (Å²) >= 11 is 0. The van der Waals surface area contributed by atoms with Crippen LogP contribution in [0.5, 0.6) is 0 Å². The summed E-state index contributed by atoms with van der Waals surface area (Å²) in [5.41, 5.74) is 0.584. The molecule has 1 aromatic carbocycles. The van der Waals surface area contributed by atoms with Crippen molar-refractivity contribution in [1.29, 1.82) is 0 Å². The molecule has 0 fully saturated rings. The molecule has 1 N–H and O–H groups in total. The number of hydrogen-bond acceptors (Lipinski definition) is 3. The number of benzene rings is 1. The SMILES string of the molecule is COC(=O)CCCNC(C)c1cc(F)c(C)cc1F. The average Bonchev–Trinajstić information content (AvgIpc) is 2.38. The average molecular weight is 271 g/mol. The Morgan fingerprint density at radius 3 is 2.68 bits per heavy atom. The van der Waals surface area contributed by atoms with E-state index in [1.807, 2.05) is 0 Å². The minimum atomic E-state index is -0.424. The monoisotopic (exact) mass is 271 g/mol. The highest BCUT2D eigenvalue weighted by Gasteiger charge is 2.13. The van der Waals surface area contributed by atoms with Gasteiger partial charge in [0, 0.05) is 18.0 Å². The zero-order chi connectivity index (χ0) is 14.4. The van der Waals surface area contributed by atoms with Crippen molar-refractivity contribution in [2.45, 2.75) is 32.7 Å². The first-order valence-corrected chi connectivity index (χ1v) is 6.21. The molecular formula is C14H19F2NO2. The Hall–Kier alpha value is -1.49. The number of carbonyl (C=O) groups is 1. The van der Waals surface area contributed by atoms with Gasteiger partial charge in [-0.15, -0.1) is 0 Å². The van der Waals surface area contributed by atoms with E-state index in [0.29, 0.717) is 30.5 Å². The van der Waals surface area contributed by atoms with Gasteiger partial charge in [-0.25, -0.2) is 8.78 Å². The van der Waals surface area contributed by atoms with Crippen LogP contribution in [0.4, 0.5) is 8.78 Å². The Bertz CT molecular complexity index is 449. The largest absolute Gasteiger partial charge is 0.469 e. The summed E-state index contributed by atoms with van der Waals surface area (Å²) in [7, 11) is 1.34. The van der Waals surface area contributed by atoms with Crippen molar-refractivity contribution in [3.63, 3.8) is 0 Å². The maximum absolute atomic E-state index is 13.7. The molecule has 0 radical (unpaired) electrons. The van der Waals surface area contributed by atoms with E-state index in [9.17, 15) is 13.6 Å². The summed E-state index contributed by atoms with van der Waals surface area (Å²) in [5.74, 6) is -1.12. The molecule has 1 atom stereocenters. The van der Waals surface area contributed by atoms with Crippen molar-refractivity contribution in [2.24, 2.45) is 0 Å². The summed E-state index contributed by atoms with van der Waals surface area (Å²) in [6.45, 7) is 3.81. The molecule has 19 heavy (non-hydrogen) atoms. The molecule has 1 aromatic rings. The highest BCUT2D eigenvalue weighted by Crippen LogP contribution is 2.20. The molecule has 106 valence electrons. The number of esters is 1. The molecule has 1 rings (SSSR count). The maximum Gasteiger partial charge on any atom is 0.305 e. The second-order valence-electron chi connectivity index (χ2n) is 4.48. The van der Waals surface area contributed by atoms with E-state index in [4.69, 9.17) is 0 Å². The molecule has 0 spiro atoms. The quantitative estimate of drug-likeness (QED) is 0.638. The second kappa shape index (κ2) is 7.19. The topological polar surface area (TPSA) is 38.3 Å². The number of ether oxygens (including phenoxy) is 1. The van der Waals surface area contributed by atoms with Crippen molar-refractivity contribution in [2.75, 3.05) is 13.7 Å². The third-order valence-electron chi connectivity index (χ3n) is 2.98. The van der Waals surface area contributed by atoms with Crippen LogP contribution in [-0.4, -0.2) is 19.6 Å². The smallest absolute Gasteiger partial charge is 0.305 e. The van der Waals surface area contributed by atoms with Crippen molar-refractivity contribution in [3.05, 3.63) is 34.9 Å². The van der Waals surface area contributed by atoms with E-state index in [-0.39, 0.29) is 12.0 Å². The zero-order valence-electron chi connectivity index (χ0n) is 11.4. The Labute approximate surface area is 112 Å². The number of rotatable bonds is 6. The van der Waals surface area contributed by atoms with Gasteiger partial charge in [-0.3, -0.25) is 4.79 Å². The van der Waals surface area contributed by atoms with Gasteiger partial charge in [-0.2, -0.15) is 0 Å². The molecule has 0 aliphatic rings. The standard InChI is InChI=1S/C14H19F2NO2/c1-9-7-13(16)11(8-12(9)15)10(2)17-6-4-5-14(18)19-3/h7-8,10,17H,4-6H2,1-3H3. The van der Waals surface area contributed by atoms with Gasteiger partial charge >= 0.3 is 5.97 Å². The van der Waals surface area contributed by atoms with Crippen molar-refractivity contribution in [3.8, 4) is 0 Å². The van der Waals surface area contributed by atoms with Crippen LogP contribution in [0.1, 0.15) is 36.9 Å². The fourth-order valence-corrected chi connectivity index (χ4v) is 1.76. The third-order valence-corrected chi connectivity index (χ3v) is 2.98. The van der Waals surface area contributed by atoms with Gasteiger partial charge in [0.15, 0.2) is 0 Å². The van der Waals surface area contributed by atoms with E-state index < -0.39 is 11.6 Å². The van der Waals surface area contributed by atoms with Crippen LogP contribution in [0, 0.1) is 18.6 Å². The Morgan fingerprint density at radius 2 is 2.05 bits per heavy atom. The fraction of sp³-hybridized carbons (Fsp3) is 0.500. The van der Waals surface area contributed by atoms with Gasteiger partial charge in [-0.1, -0.05) is 0 Å². The summed E-state index contributed by atoms with van der Waals surface area (Å²) < 4.78 is 31.6. The van der Waals surface area contributed by atoms with Crippen molar-refractivity contribution in [1.82, 2.24) is 5.32 Å². The Balaban J connectivity index is 2.52. The predicted octanol–water partition coefficient (Wildman–Crippen LogP) is 2.88. The number of halogens is 2.